The van der Waals surface area contributed by atoms with Crippen molar-refractivity contribution in [3.05, 3.63) is 0 Å². The van der Waals surface area contributed by atoms with Gasteiger partial charge in [-0.1, -0.05) is 39.5 Å². The zero-order chi connectivity index (χ0) is 13.7. The predicted octanol–water partition coefficient (Wildman–Crippen LogP) is 3.67. The number of likely N-dealkylation sites (tertiary alicyclic amines) is 1. The van der Waals surface area contributed by atoms with Crippen LogP contribution in [0.4, 0.5) is 0 Å². The van der Waals surface area contributed by atoms with Crippen molar-refractivity contribution in [3.63, 3.8) is 0 Å². The van der Waals surface area contributed by atoms with E-state index in [1.54, 1.807) is 0 Å². The normalized spacial score (nSPS) is 33.9. The summed E-state index contributed by atoms with van der Waals surface area (Å²) in [6.07, 6.45) is 10.2. The predicted molar refractivity (Wildman–Crippen MR) is 83.5 cm³/mol. The zero-order valence-corrected chi connectivity index (χ0v) is 13.3. The minimum Gasteiger partial charge on any atom is -0.314 e. The maximum atomic E-state index is 3.66. The number of hydrogen-bond donors (Lipinski definition) is 1. The fourth-order valence-electron chi connectivity index (χ4n) is 4.19. The Morgan fingerprint density at radius 1 is 1.11 bits per heavy atom. The molecule has 0 aromatic rings. The Morgan fingerprint density at radius 3 is 2.53 bits per heavy atom. The minimum absolute atomic E-state index is 0.742. The molecule has 1 heterocycles. The molecule has 1 aliphatic carbocycles. The molecule has 19 heavy (non-hydrogen) atoms. The molecular formula is C17H34N2. The van der Waals surface area contributed by atoms with E-state index in [-0.39, 0.29) is 0 Å². The van der Waals surface area contributed by atoms with E-state index in [1.807, 2.05) is 0 Å². The van der Waals surface area contributed by atoms with Crippen LogP contribution in [-0.2, 0) is 0 Å². The highest BCUT2D eigenvalue weighted by Crippen LogP contribution is 2.29. The summed E-state index contributed by atoms with van der Waals surface area (Å²) in [6, 6.07) is 1.49. The Morgan fingerprint density at radius 2 is 1.84 bits per heavy atom. The molecule has 2 aliphatic rings. The van der Waals surface area contributed by atoms with Crippen LogP contribution in [0.15, 0.2) is 0 Å². The second-order valence-corrected chi connectivity index (χ2v) is 6.88. The molecule has 1 aliphatic heterocycles. The van der Waals surface area contributed by atoms with Crippen LogP contribution in [0.5, 0.6) is 0 Å². The molecule has 1 saturated heterocycles. The summed E-state index contributed by atoms with van der Waals surface area (Å²) in [6.45, 7) is 10.8. The molecule has 1 saturated carbocycles. The second-order valence-electron chi connectivity index (χ2n) is 6.88. The molecule has 0 spiro atoms. The van der Waals surface area contributed by atoms with E-state index in [1.165, 1.54) is 58.0 Å². The average Bonchev–Trinajstić information content (AvgIpc) is 2.91. The van der Waals surface area contributed by atoms with Crippen LogP contribution in [0.3, 0.4) is 0 Å². The van der Waals surface area contributed by atoms with E-state index in [0.717, 1.165) is 30.5 Å². The first kappa shape index (κ1) is 15.3. The molecule has 0 aromatic heterocycles. The molecule has 2 rings (SSSR count). The van der Waals surface area contributed by atoms with Gasteiger partial charge in [0.25, 0.3) is 0 Å². The molecule has 3 unspecified atom stereocenters. The van der Waals surface area contributed by atoms with E-state index in [2.05, 4.69) is 31.0 Å². The summed E-state index contributed by atoms with van der Waals surface area (Å²) in [5.74, 6) is 1.85. The monoisotopic (exact) mass is 266 g/mol. The van der Waals surface area contributed by atoms with Gasteiger partial charge in [0.2, 0.25) is 0 Å². The lowest BCUT2D eigenvalue weighted by molar-refractivity contribution is 0.0828. The molecule has 0 aromatic carbocycles. The Hall–Kier alpha value is -0.0800. The first-order valence-electron chi connectivity index (χ1n) is 8.69. The van der Waals surface area contributed by atoms with Crippen molar-refractivity contribution in [2.24, 2.45) is 11.8 Å². The fourth-order valence-corrected chi connectivity index (χ4v) is 4.19. The van der Waals surface area contributed by atoms with E-state index in [4.69, 9.17) is 0 Å². The standard InChI is InChI=1S/C17H34N2/c1-4-18-17-11-13-19(15(3)14(17)2)12-7-10-16-8-5-6-9-16/h14-18H,4-13H2,1-3H3. The van der Waals surface area contributed by atoms with Gasteiger partial charge >= 0.3 is 0 Å². The van der Waals surface area contributed by atoms with Gasteiger partial charge in [-0.25, -0.2) is 0 Å². The van der Waals surface area contributed by atoms with Crippen molar-refractivity contribution in [3.8, 4) is 0 Å². The Balaban J connectivity index is 1.69. The van der Waals surface area contributed by atoms with Crippen LogP contribution in [-0.4, -0.2) is 36.6 Å². The maximum Gasteiger partial charge on any atom is 0.0120 e. The molecule has 112 valence electrons. The number of nitrogens with zero attached hydrogens (tertiary/aromatic N) is 1. The smallest absolute Gasteiger partial charge is 0.0120 e. The zero-order valence-electron chi connectivity index (χ0n) is 13.3. The summed E-state index contributed by atoms with van der Waals surface area (Å²) in [5, 5.41) is 3.66. The van der Waals surface area contributed by atoms with Gasteiger partial charge in [-0.3, -0.25) is 0 Å². The summed E-state index contributed by atoms with van der Waals surface area (Å²) >= 11 is 0. The third-order valence-electron chi connectivity index (χ3n) is 5.70. The van der Waals surface area contributed by atoms with Crippen LogP contribution in [0.2, 0.25) is 0 Å². The number of hydrogen-bond acceptors (Lipinski definition) is 2. The molecular weight excluding hydrogens is 232 g/mol. The summed E-state index contributed by atoms with van der Waals surface area (Å²) in [5.41, 5.74) is 0. The maximum absolute atomic E-state index is 3.66. The van der Waals surface area contributed by atoms with Crippen molar-refractivity contribution in [2.45, 2.75) is 77.8 Å². The van der Waals surface area contributed by atoms with Crippen LogP contribution in [0.1, 0.15) is 65.7 Å². The molecule has 2 nitrogen and oxygen atoms in total. The molecule has 1 N–H and O–H groups in total. The van der Waals surface area contributed by atoms with E-state index >= 15 is 0 Å². The lowest BCUT2D eigenvalue weighted by Gasteiger charge is -2.43. The molecule has 0 bridgehead atoms. The Labute approximate surface area is 120 Å². The lowest BCUT2D eigenvalue weighted by atomic mass is 9.86. The molecule has 2 fully saturated rings. The van der Waals surface area contributed by atoms with Gasteiger partial charge in [-0.05, 0) is 57.7 Å². The van der Waals surface area contributed by atoms with Gasteiger partial charge in [0.1, 0.15) is 0 Å². The SMILES string of the molecule is CCNC1CCN(CCCC2CCCC2)C(C)C1C. The van der Waals surface area contributed by atoms with E-state index in [0.29, 0.717) is 0 Å². The van der Waals surface area contributed by atoms with Crippen LogP contribution in [0.25, 0.3) is 0 Å². The van der Waals surface area contributed by atoms with E-state index < -0.39 is 0 Å². The van der Waals surface area contributed by atoms with Gasteiger partial charge in [0.15, 0.2) is 0 Å². The molecule has 2 heteroatoms. The number of nitrogens with one attached hydrogen (secondary N) is 1. The van der Waals surface area contributed by atoms with Crippen molar-refractivity contribution < 1.29 is 0 Å². The van der Waals surface area contributed by atoms with Crippen molar-refractivity contribution >= 4 is 0 Å². The Bertz CT molecular complexity index is 248. The largest absolute Gasteiger partial charge is 0.314 e. The first-order chi connectivity index (χ1) is 9.22. The van der Waals surface area contributed by atoms with E-state index in [9.17, 15) is 0 Å². The van der Waals surface area contributed by atoms with Gasteiger partial charge in [0.05, 0.1) is 0 Å². The van der Waals surface area contributed by atoms with Crippen molar-refractivity contribution in [1.29, 1.82) is 0 Å². The Kier molecular flexibility index (Phi) is 6.15. The molecule has 3 atom stereocenters. The lowest BCUT2D eigenvalue weighted by Crippen LogP contribution is -2.53. The highest BCUT2D eigenvalue weighted by atomic mass is 15.2. The summed E-state index contributed by atoms with van der Waals surface area (Å²) in [4.78, 5) is 2.74. The number of rotatable bonds is 6. The third-order valence-corrected chi connectivity index (χ3v) is 5.70. The first-order valence-corrected chi connectivity index (χ1v) is 8.69. The second kappa shape index (κ2) is 7.64. The van der Waals surface area contributed by atoms with Gasteiger partial charge in [-0.2, -0.15) is 0 Å². The number of piperidine rings is 1. The van der Waals surface area contributed by atoms with Gasteiger partial charge < -0.3 is 10.2 Å². The van der Waals surface area contributed by atoms with Crippen LogP contribution in [0, 0.1) is 11.8 Å². The van der Waals surface area contributed by atoms with Crippen molar-refractivity contribution in [2.75, 3.05) is 19.6 Å². The molecule has 0 amide bonds. The highest BCUT2D eigenvalue weighted by molar-refractivity contribution is 4.88. The van der Waals surface area contributed by atoms with Gasteiger partial charge in [0, 0.05) is 12.1 Å². The topological polar surface area (TPSA) is 15.3 Å². The van der Waals surface area contributed by atoms with Crippen LogP contribution < -0.4 is 5.32 Å². The molecule has 0 radical (unpaired) electrons. The third kappa shape index (κ3) is 4.19. The summed E-state index contributed by atoms with van der Waals surface area (Å²) in [7, 11) is 0. The van der Waals surface area contributed by atoms with Gasteiger partial charge in [-0.15, -0.1) is 0 Å². The average molecular weight is 266 g/mol. The quantitative estimate of drug-likeness (QED) is 0.789. The minimum atomic E-state index is 0.742. The van der Waals surface area contributed by atoms with Crippen LogP contribution >= 0.6 is 0 Å². The summed E-state index contributed by atoms with van der Waals surface area (Å²) < 4.78 is 0. The highest BCUT2D eigenvalue weighted by Gasteiger charge is 2.31. The fraction of sp³-hybridized carbons (Fsp3) is 1.00. The van der Waals surface area contributed by atoms with Crippen molar-refractivity contribution in [1.82, 2.24) is 10.2 Å².